The van der Waals surface area contributed by atoms with Crippen LogP contribution in [0.3, 0.4) is 0 Å². The normalized spacial score (nSPS) is 10.6. The number of rotatable bonds is 6. The van der Waals surface area contributed by atoms with Crippen LogP contribution in [0.15, 0.2) is 48.8 Å². The monoisotopic (exact) mass is 373 g/mol. The maximum Gasteiger partial charge on any atom is 0.234 e. The topological polar surface area (TPSA) is 72.7 Å². The summed E-state index contributed by atoms with van der Waals surface area (Å²) in [7, 11) is 0. The van der Waals surface area contributed by atoms with Crippen LogP contribution in [0.5, 0.6) is 0 Å². The van der Waals surface area contributed by atoms with Crippen molar-refractivity contribution in [1.82, 2.24) is 20.2 Å². The number of amides is 1. The smallest absolute Gasteiger partial charge is 0.234 e. The van der Waals surface area contributed by atoms with Gasteiger partial charge in [0.05, 0.1) is 11.4 Å². The Morgan fingerprint density at radius 3 is 2.88 bits per heavy atom. The van der Waals surface area contributed by atoms with Crippen LogP contribution in [0.2, 0.25) is 5.02 Å². The zero-order valence-corrected chi connectivity index (χ0v) is 15.1. The maximum absolute atomic E-state index is 12.1. The molecule has 0 atom stereocenters. The van der Waals surface area contributed by atoms with Gasteiger partial charge in [0.1, 0.15) is 6.33 Å². The Morgan fingerprint density at radius 2 is 2.16 bits per heavy atom. The Bertz CT molecular complexity index is 869. The number of carbonyl (C=O) groups is 1. The van der Waals surface area contributed by atoms with Gasteiger partial charge in [-0.25, -0.2) is 4.68 Å². The lowest BCUT2D eigenvalue weighted by atomic mass is 10.2. The minimum Gasteiger partial charge on any atom is -0.325 e. The van der Waals surface area contributed by atoms with Crippen molar-refractivity contribution < 1.29 is 4.79 Å². The molecule has 128 valence electrons. The van der Waals surface area contributed by atoms with Crippen molar-refractivity contribution in [3.05, 3.63) is 64.9 Å². The van der Waals surface area contributed by atoms with Crippen LogP contribution < -0.4 is 5.32 Å². The highest BCUT2D eigenvalue weighted by Gasteiger charge is 2.07. The molecule has 1 amide bonds. The SMILES string of the molecule is Cc1cc(NC(=O)CSCc2cccc(Cl)c2)ccc1-n1cnnn1. The van der Waals surface area contributed by atoms with Gasteiger partial charge in [-0.05, 0) is 58.8 Å². The molecule has 3 rings (SSSR count). The fraction of sp³-hybridized carbons (Fsp3) is 0.176. The van der Waals surface area contributed by atoms with E-state index in [1.54, 1.807) is 16.4 Å². The summed E-state index contributed by atoms with van der Waals surface area (Å²) >= 11 is 7.50. The molecule has 0 aliphatic rings. The first-order valence-electron chi connectivity index (χ1n) is 7.58. The number of tetrazole rings is 1. The summed E-state index contributed by atoms with van der Waals surface area (Å²) in [6.45, 7) is 1.95. The van der Waals surface area contributed by atoms with Crippen molar-refractivity contribution in [3.8, 4) is 5.69 Å². The van der Waals surface area contributed by atoms with Crippen molar-refractivity contribution >= 4 is 35.0 Å². The Labute approximate surface area is 154 Å². The Balaban J connectivity index is 1.53. The van der Waals surface area contributed by atoms with E-state index in [0.717, 1.165) is 28.3 Å². The van der Waals surface area contributed by atoms with E-state index in [9.17, 15) is 4.79 Å². The zero-order valence-electron chi connectivity index (χ0n) is 13.5. The lowest BCUT2D eigenvalue weighted by Gasteiger charge is -2.09. The number of aromatic nitrogens is 4. The molecule has 1 aromatic heterocycles. The van der Waals surface area contributed by atoms with Crippen LogP contribution in [0, 0.1) is 6.92 Å². The third-order valence-electron chi connectivity index (χ3n) is 3.47. The van der Waals surface area contributed by atoms with Gasteiger partial charge in [0, 0.05) is 16.5 Å². The van der Waals surface area contributed by atoms with Crippen molar-refractivity contribution in [2.75, 3.05) is 11.1 Å². The van der Waals surface area contributed by atoms with Crippen LogP contribution in [0.4, 0.5) is 5.69 Å². The van der Waals surface area contributed by atoms with Crippen molar-refractivity contribution in [1.29, 1.82) is 0 Å². The van der Waals surface area contributed by atoms with Gasteiger partial charge in [-0.1, -0.05) is 23.7 Å². The first kappa shape index (κ1) is 17.4. The fourth-order valence-electron chi connectivity index (χ4n) is 2.35. The van der Waals surface area contributed by atoms with Crippen molar-refractivity contribution in [2.24, 2.45) is 0 Å². The number of halogens is 1. The number of carbonyl (C=O) groups excluding carboxylic acids is 1. The Kier molecular flexibility index (Phi) is 5.67. The summed E-state index contributed by atoms with van der Waals surface area (Å²) in [6.07, 6.45) is 1.53. The summed E-state index contributed by atoms with van der Waals surface area (Å²) in [5.41, 5.74) is 3.70. The van der Waals surface area contributed by atoms with E-state index >= 15 is 0 Å². The van der Waals surface area contributed by atoms with Crippen LogP contribution in [-0.4, -0.2) is 31.9 Å². The molecule has 0 unspecified atom stereocenters. The molecule has 0 radical (unpaired) electrons. The number of thioether (sulfide) groups is 1. The van der Waals surface area contributed by atoms with E-state index < -0.39 is 0 Å². The van der Waals surface area contributed by atoms with Crippen LogP contribution in [0.25, 0.3) is 5.69 Å². The van der Waals surface area contributed by atoms with E-state index in [-0.39, 0.29) is 5.91 Å². The van der Waals surface area contributed by atoms with Gasteiger partial charge in [-0.2, -0.15) is 0 Å². The second-order valence-corrected chi connectivity index (χ2v) is 6.85. The summed E-state index contributed by atoms with van der Waals surface area (Å²) in [5.74, 6) is 1.08. The molecule has 0 aliphatic carbocycles. The van der Waals surface area contributed by atoms with E-state index in [1.807, 2.05) is 49.4 Å². The standard InChI is InChI=1S/C17H16ClN5OS/c1-12-7-15(5-6-16(12)23-11-19-21-22-23)20-17(24)10-25-9-13-3-2-4-14(18)8-13/h2-8,11H,9-10H2,1H3,(H,20,24). The molecular weight excluding hydrogens is 358 g/mol. The number of nitrogens with one attached hydrogen (secondary N) is 1. The number of benzene rings is 2. The molecular formula is C17H16ClN5OS. The molecule has 2 aromatic carbocycles. The average Bonchev–Trinajstić information content (AvgIpc) is 3.09. The van der Waals surface area contributed by atoms with Gasteiger partial charge in [0.2, 0.25) is 5.91 Å². The van der Waals surface area contributed by atoms with E-state index in [1.165, 1.54) is 6.33 Å². The van der Waals surface area contributed by atoms with Crippen LogP contribution >= 0.6 is 23.4 Å². The third-order valence-corrected chi connectivity index (χ3v) is 4.71. The molecule has 0 bridgehead atoms. The number of anilines is 1. The van der Waals surface area contributed by atoms with Crippen molar-refractivity contribution in [3.63, 3.8) is 0 Å². The molecule has 0 aliphatic heterocycles. The molecule has 1 N–H and O–H groups in total. The highest BCUT2D eigenvalue weighted by molar-refractivity contribution is 7.99. The maximum atomic E-state index is 12.1. The molecule has 25 heavy (non-hydrogen) atoms. The third kappa shape index (κ3) is 4.80. The van der Waals surface area contributed by atoms with E-state index in [4.69, 9.17) is 11.6 Å². The predicted octanol–water partition coefficient (Wildman–Crippen LogP) is 3.50. The number of hydrogen-bond donors (Lipinski definition) is 1. The Hall–Kier alpha value is -2.38. The second-order valence-electron chi connectivity index (χ2n) is 5.43. The van der Waals surface area contributed by atoms with Gasteiger partial charge in [0.15, 0.2) is 0 Å². The molecule has 1 heterocycles. The van der Waals surface area contributed by atoms with Crippen LogP contribution in [-0.2, 0) is 10.5 Å². The van der Waals surface area contributed by atoms with Crippen molar-refractivity contribution in [2.45, 2.75) is 12.7 Å². The number of aryl methyl sites for hydroxylation is 1. The van der Waals surface area contributed by atoms with Gasteiger partial charge in [-0.15, -0.1) is 16.9 Å². The summed E-state index contributed by atoms with van der Waals surface area (Å²) in [5, 5.41) is 14.7. The first-order chi connectivity index (χ1) is 12.1. The molecule has 6 nitrogen and oxygen atoms in total. The van der Waals surface area contributed by atoms with E-state index in [2.05, 4.69) is 20.8 Å². The molecule has 3 aromatic rings. The molecule has 8 heteroatoms. The molecule has 0 spiro atoms. The molecule has 0 saturated carbocycles. The highest BCUT2D eigenvalue weighted by Crippen LogP contribution is 2.19. The second kappa shape index (κ2) is 8.13. The quantitative estimate of drug-likeness (QED) is 0.716. The number of nitrogens with zero attached hydrogens (tertiary/aromatic N) is 4. The van der Waals surface area contributed by atoms with Gasteiger partial charge in [0.25, 0.3) is 0 Å². The average molecular weight is 374 g/mol. The fourth-order valence-corrected chi connectivity index (χ4v) is 3.34. The highest BCUT2D eigenvalue weighted by atomic mass is 35.5. The number of hydrogen-bond acceptors (Lipinski definition) is 5. The summed E-state index contributed by atoms with van der Waals surface area (Å²) in [6, 6.07) is 13.3. The molecule has 0 fully saturated rings. The van der Waals surface area contributed by atoms with Gasteiger partial charge < -0.3 is 5.32 Å². The molecule has 0 saturated heterocycles. The summed E-state index contributed by atoms with van der Waals surface area (Å²) in [4.78, 5) is 12.1. The zero-order chi connectivity index (χ0) is 17.6. The predicted molar refractivity (Wildman–Crippen MR) is 100 cm³/mol. The lowest BCUT2D eigenvalue weighted by Crippen LogP contribution is -2.14. The largest absolute Gasteiger partial charge is 0.325 e. The Morgan fingerprint density at radius 1 is 1.28 bits per heavy atom. The van der Waals surface area contributed by atoms with Gasteiger partial charge in [-0.3, -0.25) is 4.79 Å². The first-order valence-corrected chi connectivity index (χ1v) is 9.11. The van der Waals surface area contributed by atoms with E-state index in [0.29, 0.717) is 10.8 Å². The lowest BCUT2D eigenvalue weighted by molar-refractivity contribution is -0.113. The minimum atomic E-state index is -0.0402. The minimum absolute atomic E-state index is 0.0402. The summed E-state index contributed by atoms with van der Waals surface area (Å²) < 4.78 is 1.59. The van der Waals surface area contributed by atoms with Gasteiger partial charge >= 0.3 is 0 Å². The van der Waals surface area contributed by atoms with Crippen LogP contribution in [0.1, 0.15) is 11.1 Å².